The van der Waals surface area contributed by atoms with Gasteiger partial charge in [0.05, 0.1) is 26.9 Å². The Bertz CT molecular complexity index is 412. The molecule has 98 valence electrons. The van der Waals surface area contributed by atoms with Crippen molar-refractivity contribution in [3.05, 3.63) is 29.8 Å². The van der Waals surface area contributed by atoms with Crippen molar-refractivity contribution < 1.29 is 19.0 Å². The Labute approximate surface area is 114 Å². The van der Waals surface area contributed by atoms with E-state index in [1.807, 2.05) is 24.3 Å². The zero-order valence-corrected chi connectivity index (χ0v) is 11.7. The van der Waals surface area contributed by atoms with Crippen LogP contribution in [0.5, 0.6) is 5.75 Å². The van der Waals surface area contributed by atoms with Crippen LogP contribution in [0.1, 0.15) is 5.56 Å². The van der Waals surface area contributed by atoms with Crippen LogP contribution < -0.4 is 4.74 Å². The number of methoxy groups -OCH3 is 1. The van der Waals surface area contributed by atoms with Gasteiger partial charge in [0.1, 0.15) is 11.2 Å². The fourth-order valence-corrected chi connectivity index (χ4v) is 2.09. The summed E-state index contributed by atoms with van der Waals surface area (Å²) in [4.78, 5) is 11.8. The number of carbonyl (C=O) groups is 1. The quantitative estimate of drug-likeness (QED) is 0.615. The summed E-state index contributed by atoms with van der Waals surface area (Å²) in [5.41, 5.74) is 0.273. The lowest BCUT2D eigenvalue weighted by Crippen LogP contribution is -2.53. The van der Waals surface area contributed by atoms with Gasteiger partial charge in [-0.3, -0.25) is 4.79 Å². The van der Waals surface area contributed by atoms with E-state index in [2.05, 4.69) is 15.9 Å². The largest absolute Gasteiger partial charge is 0.493 e. The van der Waals surface area contributed by atoms with Crippen molar-refractivity contribution in [3.63, 3.8) is 0 Å². The van der Waals surface area contributed by atoms with Crippen molar-refractivity contribution in [1.29, 1.82) is 0 Å². The normalized spacial score (nSPS) is 16.8. The fourth-order valence-electron chi connectivity index (χ4n) is 1.93. The summed E-state index contributed by atoms with van der Waals surface area (Å²) >= 11 is 3.30. The molecule has 2 rings (SSSR count). The summed E-state index contributed by atoms with van der Waals surface area (Å²) in [5.74, 6) is 0.543. The van der Waals surface area contributed by atoms with Crippen molar-refractivity contribution in [3.8, 4) is 5.75 Å². The first-order chi connectivity index (χ1) is 8.73. The summed E-state index contributed by atoms with van der Waals surface area (Å²) in [6, 6.07) is 7.51. The summed E-state index contributed by atoms with van der Waals surface area (Å²) in [6.45, 7) is 1.37. The molecule has 1 aliphatic rings. The van der Waals surface area contributed by atoms with Crippen LogP contribution in [0, 0.1) is 0 Å². The predicted molar refractivity (Wildman–Crippen MR) is 70.2 cm³/mol. The first kappa shape index (κ1) is 13.4. The second-order valence-corrected chi connectivity index (χ2v) is 4.92. The Balaban J connectivity index is 2.15. The van der Waals surface area contributed by atoms with Crippen molar-refractivity contribution in [1.82, 2.24) is 0 Å². The minimum atomic E-state index is -0.636. The standard InChI is InChI=1S/C13H15BrO4/c1-16-12(15)13(8-17-9-13)10-2-4-11(5-3-10)18-7-6-14/h2-5H,6-9H2,1H3. The van der Waals surface area contributed by atoms with Crippen LogP contribution in [0.4, 0.5) is 0 Å². The molecule has 0 atom stereocenters. The number of hydrogen-bond acceptors (Lipinski definition) is 4. The average Bonchev–Trinajstić information content (AvgIpc) is 2.36. The molecule has 18 heavy (non-hydrogen) atoms. The van der Waals surface area contributed by atoms with Gasteiger partial charge < -0.3 is 14.2 Å². The van der Waals surface area contributed by atoms with Crippen LogP contribution >= 0.6 is 15.9 Å². The summed E-state index contributed by atoms with van der Waals surface area (Å²) in [5, 5.41) is 0.786. The summed E-state index contributed by atoms with van der Waals surface area (Å²) in [6.07, 6.45) is 0. The maximum absolute atomic E-state index is 11.8. The van der Waals surface area contributed by atoms with E-state index in [1.165, 1.54) is 7.11 Å². The topological polar surface area (TPSA) is 44.8 Å². The van der Waals surface area contributed by atoms with Crippen LogP contribution in [0.25, 0.3) is 0 Å². The number of halogens is 1. The predicted octanol–water partition coefficient (Wildman–Crippen LogP) is 1.90. The maximum atomic E-state index is 11.8. The van der Waals surface area contributed by atoms with Gasteiger partial charge >= 0.3 is 5.97 Å². The SMILES string of the molecule is COC(=O)C1(c2ccc(OCCBr)cc2)COC1. The lowest BCUT2D eigenvalue weighted by atomic mass is 9.78. The molecule has 1 saturated heterocycles. The lowest BCUT2D eigenvalue weighted by molar-refractivity contribution is -0.166. The van der Waals surface area contributed by atoms with E-state index in [1.54, 1.807) is 0 Å². The molecule has 0 aliphatic carbocycles. The molecule has 0 N–H and O–H groups in total. The van der Waals surface area contributed by atoms with E-state index in [4.69, 9.17) is 14.2 Å². The summed E-state index contributed by atoms with van der Waals surface area (Å²) < 4.78 is 15.5. The number of hydrogen-bond donors (Lipinski definition) is 0. The average molecular weight is 315 g/mol. The number of carbonyl (C=O) groups excluding carboxylic acids is 1. The molecular formula is C13H15BrO4. The van der Waals surface area contributed by atoms with E-state index >= 15 is 0 Å². The number of alkyl halides is 1. The zero-order chi connectivity index (χ0) is 13.0. The van der Waals surface area contributed by atoms with E-state index in [-0.39, 0.29) is 5.97 Å². The van der Waals surface area contributed by atoms with E-state index < -0.39 is 5.41 Å². The molecule has 0 aromatic heterocycles. The second kappa shape index (κ2) is 5.71. The van der Waals surface area contributed by atoms with Crippen molar-refractivity contribution in [2.75, 3.05) is 32.3 Å². The first-order valence-electron chi connectivity index (χ1n) is 5.68. The maximum Gasteiger partial charge on any atom is 0.321 e. The zero-order valence-electron chi connectivity index (χ0n) is 10.1. The van der Waals surface area contributed by atoms with Gasteiger partial charge in [-0.05, 0) is 17.7 Å². The van der Waals surface area contributed by atoms with E-state index in [0.29, 0.717) is 19.8 Å². The second-order valence-electron chi connectivity index (χ2n) is 4.13. The number of esters is 1. The molecule has 0 spiro atoms. The van der Waals surface area contributed by atoms with Gasteiger partial charge in [-0.2, -0.15) is 0 Å². The van der Waals surface area contributed by atoms with Crippen LogP contribution in [0.2, 0.25) is 0 Å². The van der Waals surface area contributed by atoms with Crippen LogP contribution in [0.3, 0.4) is 0 Å². The highest BCUT2D eigenvalue weighted by Gasteiger charge is 2.48. The fraction of sp³-hybridized carbons (Fsp3) is 0.462. The molecule has 1 fully saturated rings. The third-order valence-corrected chi connectivity index (χ3v) is 3.35. The highest BCUT2D eigenvalue weighted by molar-refractivity contribution is 9.09. The number of ether oxygens (including phenoxy) is 3. The molecule has 1 aliphatic heterocycles. The Kier molecular flexibility index (Phi) is 4.24. The lowest BCUT2D eigenvalue weighted by Gasteiger charge is -2.38. The molecule has 0 unspecified atom stereocenters. The first-order valence-corrected chi connectivity index (χ1v) is 6.80. The Morgan fingerprint density at radius 1 is 1.39 bits per heavy atom. The van der Waals surface area contributed by atoms with Gasteiger partial charge in [0.15, 0.2) is 0 Å². The minimum absolute atomic E-state index is 0.247. The van der Waals surface area contributed by atoms with Gasteiger partial charge in [-0.1, -0.05) is 28.1 Å². The molecule has 0 saturated carbocycles. The van der Waals surface area contributed by atoms with Gasteiger partial charge in [0.25, 0.3) is 0 Å². The van der Waals surface area contributed by atoms with Gasteiger partial charge in [0.2, 0.25) is 0 Å². The third-order valence-electron chi connectivity index (χ3n) is 3.03. The highest BCUT2D eigenvalue weighted by Crippen LogP contribution is 2.34. The van der Waals surface area contributed by atoms with Crippen LogP contribution in [0.15, 0.2) is 24.3 Å². The molecule has 0 bridgehead atoms. The molecule has 1 aromatic carbocycles. The molecule has 1 aromatic rings. The smallest absolute Gasteiger partial charge is 0.321 e. The van der Waals surface area contributed by atoms with E-state index in [0.717, 1.165) is 16.6 Å². The van der Waals surface area contributed by atoms with Crippen molar-refractivity contribution in [2.45, 2.75) is 5.41 Å². The Morgan fingerprint density at radius 2 is 2.06 bits per heavy atom. The molecule has 0 radical (unpaired) electrons. The van der Waals surface area contributed by atoms with Gasteiger partial charge in [-0.25, -0.2) is 0 Å². The number of benzene rings is 1. The van der Waals surface area contributed by atoms with Crippen LogP contribution in [-0.4, -0.2) is 38.2 Å². The van der Waals surface area contributed by atoms with E-state index in [9.17, 15) is 4.79 Å². The van der Waals surface area contributed by atoms with Gasteiger partial charge in [-0.15, -0.1) is 0 Å². The van der Waals surface area contributed by atoms with Gasteiger partial charge in [0, 0.05) is 5.33 Å². The highest BCUT2D eigenvalue weighted by atomic mass is 79.9. The molecule has 4 nitrogen and oxygen atoms in total. The van der Waals surface area contributed by atoms with Crippen molar-refractivity contribution in [2.24, 2.45) is 0 Å². The minimum Gasteiger partial charge on any atom is -0.493 e. The summed E-state index contributed by atoms with van der Waals surface area (Å²) in [7, 11) is 1.40. The molecule has 5 heteroatoms. The molecule has 1 heterocycles. The third kappa shape index (κ3) is 2.37. The Hall–Kier alpha value is -1.07. The monoisotopic (exact) mass is 314 g/mol. The molecule has 0 amide bonds. The molecular weight excluding hydrogens is 300 g/mol. The van der Waals surface area contributed by atoms with Crippen molar-refractivity contribution >= 4 is 21.9 Å². The Morgan fingerprint density at radius 3 is 2.50 bits per heavy atom. The van der Waals surface area contributed by atoms with Crippen LogP contribution in [-0.2, 0) is 19.7 Å². The number of rotatable bonds is 5.